The number of nitrogens with zero attached hydrogens (tertiary/aromatic N) is 5. The minimum Gasteiger partial charge on any atom is -0.382 e. The lowest BCUT2D eigenvalue weighted by molar-refractivity contribution is -0.137. The molecule has 208 valence electrons. The first kappa shape index (κ1) is 26.3. The number of benzene rings is 1. The van der Waals surface area contributed by atoms with Gasteiger partial charge in [-0.3, -0.25) is 14.0 Å². The van der Waals surface area contributed by atoms with Gasteiger partial charge in [-0.2, -0.15) is 13.2 Å². The molecule has 1 aromatic carbocycles. The molecule has 5 heterocycles. The molecule has 41 heavy (non-hydrogen) atoms. The maximum Gasteiger partial charge on any atom is 0.416 e. The van der Waals surface area contributed by atoms with Crippen LogP contribution in [0.2, 0.25) is 0 Å². The fourth-order valence-electron chi connectivity index (χ4n) is 5.53. The molecule has 0 aliphatic carbocycles. The molecule has 3 aromatic heterocycles. The van der Waals surface area contributed by atoms with Gasteiger partial charge in [0.1, 0.15) is 34.7 Å². The van der Waals surface area contributed by atoms with Crippen molar-refractivity contribution < 1.29 is 22.8 Å². The number of aromatic nitrogens is 4. The largest absolute Gasteiger partial charge is 0.416 e. The van der Waals surface area contributed by atoms with E-state index in [0.29, 0.717) is 29.1 Å². The Balaban J connectivity index is 1.33. The fourth-order valence-corrected chi connectivity index (χ4v) is 5.53. The van der Waals surface area contributed by atoms with Crippen molar-refractivity contribution in [1.29, 1.82) is 0 Å². The van der Waals surface area contributed by atoms with E-state index in [2.05, 4.69) is 32.4 Å². The lowest BCUT2D eigenvalue weighted by atomic mass is 10.1. The first-order chi connectivity index (χ1) is 19.7. The molecule has 2 unspecified atom stereocenters. The molecule has 2 amide bonds. The summed E-state index contributed by atoms with van der Waals surface area (Å²) in [6.45, 7) is 2.30. The smallest absolute Gasteiger partial charge is 0.382 e. The van der Waals surface area contributed by atoms with Gasteiger partial charge in [0.2, 0.25) is 0 Å². The molecule has 2 bridgehead atoms. The van der Waals surface area contributed by atoms with Gasteiger partial charge in [-0.05, 0) is 43.5 Å². The van der Waals surface area contributed by atoms with Crippen LogP contribution in [0.15, 0.2) is 55.0 Å². The minimum atomic E-state index is -4.56. The van der Waals surface area contributed by atoms with Gasteiger partial charge in [-0.1, -0.05) is 18.1 Å². The summed E-state index contributed by atoms with van der Waals surface area (Å²) in [5, 5.41) is 5.85. The number of imidazole rings is 1. The van der Waals surface area contributed by atoms with Crippen LogP contribution in [0.4, 0.5) is 24.8 Å². The number of carbonyl (C=O) groups excluding carboxylic acids is 2. The van der Waals surface area contributed by atoms with E-state index in [0.717, 1.165) is 24.8 Å². The molecule has 0 radical (unpaired) electrons. The highest BCUT2D eigenvalue weighted by atomic mass is 19.4. The molecule has 13 heteroatoms. The maximum absolute atomic E-state index is 13.0. The Bertz CT molecular complexity index is 1740. The summed E-state index contributed by atoms with van der Waals surface area (Å²) in [7, 11) is 0. The number of hydrogen-bond acceptors (Lipinski definition) is 7. The third-order valence-electron chi connectivity index (χ3n) is 7.31. The lowest BCUT2D eigenvalue weighted by Gasteiger charge is -2.33. The number of amides is 2. The maximum atomic E-state index is 13.0. The Morgan fingerprint density at radius 2 is 1.93 bits per heavy atom. The second-order valence-corrected chi connectivity index (χ2v) is 9.75. The summed E-state index contributed by atoms with van der Waals surface area (Å²) in [5.41, 5.74) is 7.26. The second-order valence-electron chi connectivity index (χ2n) is 9.75. The Kier molecular flexibility index (Phi) is 6.34. The average molecular weight is 561 g/mol. The van der Waals surface area contributed by atoms with Gasteiger partial charge < -0.3 is 21.3 Å². The summed E-state index contributed by atoms with van der Waals surface area (Å²) in [4.78, 5) is 40.5. The second kappa shape index (κ2) is 9.90. The number of likely N-dealkylation sites (tertiary alicyclic amines) is 1. The van der Waals surface area contributed by atoms with Crippen LogP contribution in [-0.4, -0.2) is 54.7 Å². The van der Waals surface area contributed by atoms with Crippen molar-refractivity contribution in [3.8, 4) is 23.1 Å². The summed E-state index contributed by atoms with van der Waals surface area (Å²) in [6.07, 6.45) is 0.495. The highest BCUT2D eigenvalue weighted by Gasteiger charge is 2.50. The molecule has 2 saturated heterocycles. The third-order valence-corrected chi connectivity index (χ3v) is 7.31. The van der Waals surface area contributed by atoms with Crippen LogP contribution in [-0.2, 0) is 11.0 Å². The number of nitrogens with one attached hydrogen (secondary N) is 2. The first-order valence-electron chi connectivity index (χ1n) is 12.7. The number of anilines is 2. The van der Waals surface area contributed by atoms with Gasteiger partial charge in [0.25, 0.3) is 11.8 Å². The zero-order chi connectivity index (χ0) is 28.9. The average Bonchev–Trinajstić information content (AvgIpc) is 3.67. The molecular formula is C28H23F3N8O2. The van der Waals surface area contributed by atoms with Crippen molar-refractivity contribution >= 4 is 29.0 Å². The molecular weight excluding hydrogens is 537 g/mol. The van der Waals surface area contributed by atoms with Crippen molar-refractivity contribution in [1.82, 2.24) is 29.6 Å². The molecule has 10 nitrogen and oxygen atoms in total. The van der Waals surface area contributed by atoms with E-state index in [1.54, 1.807) is 36.4 Å². The highest BCUT2D eigenvalue weighted by Crippen LogP contribution is 2.41. The van der Waals surface area contributed by atoms with Gasteiger partial charge >= 0.3 is 6.18 Å². The van der Waals surface area contributed by atoms with Crippen LogP contribution in [0, 0.1) is 11.8 Å². The van der Waals surface area contributed by atoms with E-state index in [1.807, 2.05) is 4.40 Å². The molecule has 0 spiro atoms. The van der Waals surface area contributed by atoms with Crippen LogP contribution < -0.4 is 16.4 Å². The number of alkyl halides is 3. The van der Waals surface area contributed by atoms with Crippen molar-refractivity contribution in [2.24, 2.45) is 0 Å². The van der Waals surface area contributed by atoms with Gasteiger partial charge in [0.15, 0.2) is 0 Å². The Morgan fingerprint density at radius 3 is 2.66 bits per heavy atom. The number of halogens is 3. The van der Waals surface area contributed by atoms with E-state index in [4.69, 9.17) is 10.7 Å². The Labute approximate surface area is 231 Å². The number of pyridine rings is 1. The summed E-state index contributed by atoms with van der Waals surface area (Å²) in [6, 6.07) is 7.59. The van der Waals surface area contributed by atoms with Gasteiger partial charge in [-0.25, -0.2) is 15.0 Å². The van der Waals surface area contributed by atoms with Crippen LogP contribution >= 0.6 is 0 Å². The Morgan fingerprint density at radius 1 is 1.15 bits per heavy atom. The number of fused-ring (bicyclic) bond motifs is 3. The highest BCUT2D eigenvalue weighted by molar-refractivity contribution is 6.04. The Hall–Kier alpha value is -4.96. The lowest BCUT2D eigenvalue weighted by Crippen LogP contribution is -2.49. The predicted octanol–water partition coefficient (Wildman–Crippen LogP) is 3.28. The van der Waals surface area contributed by atoms with Crippen molar-refractivity contribution in [3.05, 3.63) is 71.9 Å². The topological polar surface area (TPSA) is 131 Å². The minimum absolute atomic E-state index is 0.00237. The van der Waals surface area contributed by atoms with E-state index in [9.17, 15) is 22.8 Å². The van der Waals surface area contributed by atoms with Crippen LogP contribution in [0.5, 0.6) is 0 Å². The number of nitrogen functional groups attached to an aromatic ring is 1. The van der Waals surface area contributed by atoms with Crippen molar-refractivity contribution in [2.75, 3.05) is 17.6 Å². The molecule has 0 saturated carbocycles. The van der Waals surface area contributed by atoms with E-state index in [-0.39, 0.29) is 41.2 Å². The van der Waals surface area contributed by atoms with Crippen molar-refractivity contribution in [3.63, 3.8) is 0 Å². The molecule has 3 atom stereocenters. The van der Waals surface area contributed by atoms with Crippen LogP contribution in [0.3, 0.4) is 0 Å². The van der Waals surface area contributed by atoms with E-state index < -0.39 is 17.6 Å². The number of rotatable bonds is 4. The molecule has 2 aliphatic rings. The summed E-state index contributed by atoms with van der Waals surface area (Å²) < 4.78 is 40.9. The van der Waals surface area contributed by atoms with Gasteiger partial charge in [0, 0.05) is 48.3 Å². The van der Waals surface area contributed by atoms with Crippen LogP contribution in [0.25, 0.3) is 16.8 Å². The number of piperazine rings is 1. The molecule has 2 fully saturated rings. The van der Waals surface area contributed by atoms with Gasteiger partial charge in [0.05, 0.1) is 5.56 Å². The third kappa shape index (κ3) is 4.62. The van der Waals surface area contributed by atoms with Crippen molar-refractivity contribution in [2.45, 2.75) is 37.6 Å². The number of hydrogen-bond donors (Lipinski definition) is 3. The quantitative estimate of drug-likeness (QED) is 0.327. The molecule has 4 N–H and O–H groups in total. The fraction of sp³-hybridized carbons (Fsp3) is 0.250. The summed E-state index contributed by atoms with van der Waals surface area (Å²) in [5.74, 6) is 5.07. The van der Waals surface area contributed by atoms with Crippen LogP contribution in [0.1, 0.15) is 41.1 Å². The zero-order valence-corrected chi connectivity index (χ0v) is 21.6. The SMILES string of the molecule is CC#CC(=O)N1C2CN[C@@H](C2)C1c1nc(-c2ccc(C(=O)Nc3cc(C(F)(F)F)ccn3)cc2)c2c(N)nccn12. The number of nitrogens with two attached hydrogens (primary N) is 1. The monoisotopic (exact) mass is 560 g/mol. The summed E-state index contributed by atoms with van der Waals surface area (Å²) >= 11 is 0. The number of carbonyl (C=O) groups is 2. The van der Waals surface area contributed by atoms with E-state index in [1.165, 1.54) is 12.1 Å². The zero-order valence-electron chi connectivity index (χ0n) is 21.6. The van der Waals surface area contributed by atoms with Gasteiger partial charge in [-0.15, -0.1) is 0 Å². The molecule has 6 rings (SSSR count). The molecule has 2 aliphatic heterocycles. The van der Waals surface area contributed by atoms with E-state index >= 15 is 0 Å². The molecule has 4 aromatic rings. The normalized spacial score (nSPS) is 19.7. The first-order valence-corrected chi connectivity index (χ1v) is 12.7. The standard InChI is InChI=1S/C28H23F3N8O2/c1-2-3-21(40)39-18-13-19(35-14-18)23(39)26-37-22(24-25(32)34-10-11-38(24)26)15-4-6-16(7-5-15)27(41)36-20-12-17(8-9-33-20)28(29,30)31/h4-12,18-19,23,35H,13-14H2,1H3,(H2,32,34)(H,33,36,41)/t18?,19-,23?/m0/s1. The predicted molar refractivity (Wildman–Crippen MR) is 143 cm³/mol.